The first-order valence-electron chi connectivity index (χ1n) is 0. The fraction of sp³-hybridized carbons (Fsp3) is 0. The van der Waals surface area contributed by atoms with Crippen molar-refractivity contribution in [3.63, 3.8) is 0 Å². The summed E-state index contributed by atoms with van der Waals surface area (Å²) in [4.78, 5) is 0. The van der Waals surface area contributed by atoms with E-state index in [1.807, 2.05) is 0 Å². The molecule has 0 fully saturated rings. The molecule has 0 amide bonds. The van der Waals surface area contributed by atoms with Gasteiger partial charge < -0.3 is 16.4 Å². The Bertz CT molecular complexity index is 6.85. The zero-order chi connectivity index (χ0) is 0. The molecule has 1 radical (unpaired) electrons. The van der Waals surface area contributed by atoms with E-state index in [1.54, 1.807) is 0 Å². The first-order valence-corrected chi connectivity index (χ1v) is 0. The van der Waals surface area contributed by atoms with Gasteiger partial charge in [-0.05, 0) is 0 Å². The third-order valence-corrected chi connectivity index (χ3v) is 0. The third kappa shape index (κ3) is 49.6. The van der Waals surface area contributed by atoms with E-state index >= 15 is 0 Å². The molecule has 0 aromatic heterocycles. The van der Waals surface area contributed by atoms with Crippen LogP contribution in [-0.4, -0.2) is 5.48 Å². The van der Waals surface area contributed by atoms with Crippen LogP contribution in [0.2, 0.25) is 0 Å². The van der Waals surface area contributed by atoms with Gasteiger partial charge in [-0.1, -0.05) is 0 Å². The van der Waals surface area contributed by atoms with Crippen LogP contribution in [0.15, 0.2) is 0 Å². The van der Waals surface area contributed by atoms with Gasteiger partial charge in [0.05, 0.1) is 0 Å². The van der Waals surface area contributed by atoms with Crippen molar-refractivity contribution in [2.45, 2.75) is 0 Å². The van der Waals surface area contributed by atoms with Crippen LogP contribution in [0.4, 0.5) is 0 Å². The Labute approximate surface area is 51.0 Å². The van der Waals surface area contributed by atoms with Gasteiger partial charge >= 0.3 is 34.1 Å². The Kier molecular flexibility index (Phi) is 3030. The van der Waals surface area contributed by atoms with Gasteiger partial charge in [-0.15, -0.1) is 0 Å². The molecule has 2 N–H and O–H groups in total. The van der Waals surface area contributed by atoms with Crippen molar-refractivity contribution in [3.8, 4) is 0 Å². The van der Waals surface area contributed by atoms with Crippen molar-refractivity contribution in [1.29, 1.82) is 0 Å². The monoisotopic (exact) mass is 161 g/mol. The van der Waals surface area contributed by atoms with Gasteiger partial charge in [0.2, 0.25) is 0 Å². The maximum atomic E-state index is 0. The van der Waals surface area contributed by atoms with E-state index in [-0.39, 0.29) is 50.6 Å². The Balaban J connectivity index is 0. The van der Waals surface area contributed by atoms with Crippen molar-refractivity contribution < 1.29 is 50.6 Å². The van der Waals surface area contributed by atoms with E-state index in [2.05, 4.69) is 0 Å². The van der Waals surface area contributed by atoms with Gasteiger partial charge in [-0.2, -0.15) is 0 Å². The van der Waals surface area contributed by atoms with Crippen LogP contribution >= 0.6 is 0 Å². The Morgan fingerprint density at radius 2 is 0.800 bits per heavy atom. The zero-order valence-electron chi connectivity index (χ0n) is 2.05. The fourth-order valence-corrected chi connectivity index (χ4v) is 0. The summed E-state index contributed by atoms with van der Waals surface area (Å²) in [6.07, 6.45) is 0. The molecule has 5 heteroatoms. The van der Waals surface area contributed by atoms with Crippen LogP contribution in [0.5, 0.6) is 0 Å². The standard InChI is InChI=1S/Fe.Mn.H2O.2O/h;;1H2;;/q2*+2;;2*-2. The molecule has 0 unspecified atom stereocenters. The van der Waals surface area contributed by atoms with Gasteiger partial charge in [0.1, 0.15) is 0 Å². The summed E-state index contributed by atoms with van der Waals surface area (Å²) >= 11 is 0. The van der Waals surface area contributed by atoms with Crippen LogP contribution in [0.1, 0.15) is 0 Å². The van der Waals surface area contributed by atoms with Crippen molar-refractivity contribution in [2.24, 2.45) is 0 Å². The van der Waals surface area contributed by atoms with Crippen molar-refractivity contribution in [1.82, 2.24) is 0 Å². The van der Waals surface area contributed by atoms with Crippen molar-refractivity contribution in [3.05, 3.63) is 0 Å². The van der Waals surface area contributed by atoms with E-state index < -0.39 is 0 Å². The van der Waals surface area contributed by atoms with E-state index in [0.29, 0.717) is 0 Å². The van der Waals surface area contributed by atoms with Crippen molar-refractivity contribution >= 4 is 0 Å². The predicted molar refractivity (Wildman–Crippen MR) is 4.99 cm³/mol. The maximum absolute atomic E-state index is 0. The summed E-state index contributed by atoms with van der Waals surface area (Å²) in [6.45, 7) is 0. The Morgan fingerprint density at radius 3 is 0.800 bits per heavy atom. The second kappa shape index (κ2) is 89.5. The van der Waals surface area contributed by atoms with E-state index in [0.717, 1.165) is 0 Å². The fourth-order valence-electron chi connectivity index (χ4n) is 0. The summed E-state index contributed by atoms with van der Waals surface area (Å²) in [7, 11) is 0. The number of hydrogen-bond acceptors (Lipinski definition) is 0. The average molecular weight is 161 g/mol. The molecule has 3 nitrogen and oxygen atoms in total. The minimum atomic E-state index is 0. The molecular weight excluding hydrogens is 159 g/mol. The van der Waals surface area contributed by atoms with Gasteiger partial charge in [0.15, 0.2) is 0 Å². The first-order chi connectivity index (χ1) is 0. The molecule has 0 aromatic rings. The van der Waals surface area contributed by atoms with Gasteiger partial charge in [-0.3, -0.25) is 0 Å². The molecule has 35 valence electrons. The largest absolute Gasteiger partial charge is 2.00 e. The normalized spacial score (nSPS) is 0. The quantitative estimate of drug-likeness (QED) is 0.405. The van der Waals surface area contributed by atoms with Crippen molar-refractivity contribution in [2.75, 3.05) is 0 Å². The van der Waals surface area contributed by atoms with Gasteiger partial charge in [0.25, 0.3) is 0 Å². The van der Waals surface area contributed by atoms with Crippen LogP contribution in [0.3, 0.4) is 0 Å². The molecule has 0 saturated carbocycles. The Morgan fingerprint density at radius 1 is 0.800 bits per heavy atom. The molecular formula is H2FeMnO3. The molecule has 0 atom stereocenters. The molecule has 0 aliphatic heterocycles. The maximum Gasteiger partial charge on any atom is 2.00 e. The summed E-state index contributed by atoms with van der Waals surface area (Å²) in [5.41, 5.74) is 0. The molecule has 0 heterocycles. The summed E-state index contributed by atoms with van der Waals surface area (Å²) < 4.78 is 0. The van der Waals surface area contributed by atoms with E-state index in [4.69, 9.17) is 0 Å². The van der Waals surface area contributed by atoms with Crippen LogP contribution in [-0.2, 0) is 45.1 Å². The van der Waals surface area contributed by atoms with E-state index in [9.17, 15) is 0 Å². The number of rotatable bonds is 0. The van der Waals surface area contributed by atoms with Crippen LogP contribution < -0.4 is 0 Å². The molecule has 0 spiro atoms. The first kappa shape index (κ1) is 170. The molecule has 0 saturated heterocycles. The molecule has 0 bridgehead atoms. The molecule has 0 aromatic carbocycles. The topological polar surface area (TPSA) is 88.5 Å². The van der Waals surface area contributed by atoms with E-state index in [1.165, 1.54) is 0 Å². The minimum absolute atomic E-state index is 0. The zero-order valence-corrected chi connectivity index (χ0v) is 4.33. The second-order valence-electron chi connectivity index (χ2n) is 0. The van der Waals surface area contributed by atoms with Crippen LogP contribution in [0, 0.1) is 0 Å². The average Bonchev–Trinajstić information content (AvgIpc) is 0. The van der Waals surface area contributed by atoms with Gasteiger partial charge in [-0.25, -0.2) is 0 Å². The molecule has 0 rings (SSSR count). The second-order valence-corrected chi connectivity index (χ2v) is 0. The molecule has 5 heavy (non-hydrogen) atoms. The minimum Gasteiger partial charge on any atom is -2.00 e. The summed E-state index contributed by atoms with van der Waals surface area (Å²) in [6, 6.07) is 0. The SMILES string of the molecule is O.[Fe+2].[Mn+2].[O-2].[O-2]. The Hall–Kier alpha value is 0.919. The predicted octanol–water partition coefficient (Wildman–Crippen LogP) is -1.07. The third-order valence-electron chi connectivity index (χ3n) is 0. The van der Waals surface area contributed by atoms with Gasteiger partial charge in [0, 0.05) is 0 Å². The van der Waals surface area contributed by atoms with Crippen LogP contribution in [0.25, 0.3) is 0 Å². The summed E-state index contributed by atoms with van der Waals surface area (Å²) in [5, 5.41) is 0. The summed E-state index contributed by atoms with van der Waals surface area (Å²) in [5.74, 6) is 0. The molecule has 0 aliphatic carbocycles. The number of hydrogen-bond donors (Lipinski definition) is 0. The molecule has 0 aliphatic rings. The smallest absolute Gasteiger partial charge is 2.00 e.